The second kappa shape index (κ2) is 6.62. The summed E-state index contributed by atoms with van der Waals surface area (Å²) >= 11 is 0. The van der Waals surface area contributed by atoms with Crippen LogP contribution in [0.1, 0.15) is 33.6 Å². The third kappa shape index (κ3) is 5.22. The molecule has 0 aliphatic carbocycles. The first-order chi connectivity index (χ1) is 5.22. The maximum Gasteiger partial charge on any atom is 0.0690 e. The number of hydrogen-bond acceptors (Lipinski definition) is 2. The van der Waals surface area contributed by atoms with Gasteiger partial charge in [0.15, 0.2) is 0 Å². The smallest absolute Gasteiger partial charge is 0.0690 e. The summed E-state index contributed by atoms with van der Waals surface area (Å²) in [5.74, 6) is 0.430. The molecule has 0 aromatic carbocycles. The Morgan fingerprint density at radius 2 is 2.00 bits per heavy atom. The standard InChI is InChI=1S/C9H21NO/c1-4-6-8(3)9(11)7-10-5-2/h8-11H,4-7H2,1-3H3. The molecule has 0 radical (unpaired) electrons. The van der Waals surface area contributed by atoms with Crippen LogP contribution in [-0.4, -0.2) is 24.3 Å². The molecule has 68 valence electrons. The quantitative estimate of drug-likeness (QED) is 0.614. The Morgan fingerprint density at radius 3 is 2.45 bits per heavy atom. The topological polar surface area (TPSA) is 32.3 Å². The Kier molecular flexibility index (Phi) is 6.57. The van der Waals surface area contributed by atoms with E-state index >= 15 is 0 Å². The first-order valence-corrected chi connectivity index (χ1v) is 4.61. The predicted molar refractivity (Wildman–Crippen MR) is 48.6 cm³/mol. The van der Waals surface area contributed by atoms with Crippen LogP contribution in [0.15, 0.2) is 0 Å². The normalized spacial score (nSPS) is 16.4. The highest BCUT2D eigenvalue weighted by atomic mass is 16.3. The van der Waals surface area contributed by atoms with Crippen molar-refractivity contribution in [3.05, 3.63) is 0 Å². The average molecular weight is 159 g/mol. The third-order valence-corrected chi connectivity index (χ3v) is 2.00. The highest BCUT2D eigenvalue weighted by Crippen LogP contribution is 2.09. The Balaban J connectivity index is 3.38. The molecule has 2 heteroatoms. The van der Waals surface area contributed by atoms with Crippen molar-refractivity contribution in [2.75, 3.05) is 13.1 Å². The van der Waals surface area contributed by atoms with Crippen LogP contribution in [0.5, 0.6) is 0 Å². The lowest BCUT2D eigenvalue weighted by atomic mass is 9.99. The molecule has 2 atom stereocenters. The summed E-state index contributed by atoms with van der Waals surface area (Å²) in [4.78, 5) is 0. The minimum atomic E-state index is -0.171. The van der Waals surface area contributed by atoms with Gasteiger partial charge in [-0.25, -0.2) is 0 Å². The van der Waals surface area contributed by atoms with E-state index in [9.17, 15) is 5.11 Å². The fourth-order valence-electron chi connectivity index (χ4n) is 1.14. The van der Waals surface area contributed by atoms with Crippen molar-refractivity contribution in [1.29, 1.82) is 0 Å². The summed E-state index contributed by atoms with van der Waals surface area (Å²) in [6, 6.07) is 0. The number of rotatable bonds is 6. The van der Waals surface area contributed by atoms with Gasteiger partial charge in [-0.2, -0.15) is 0 Å². The van der Waals surface area contributed by atoms with Crippen LogP contribution in [0, 0.1) is 5.92 Å². The van der Waals surface area contributed by atoms with Gasteiger partial charge in [0.2, 0.25) is 0 Å². The van der Waals surface area contributed by atoms with Crippen LogP contribution in [0.25, 0.3) is 0 Å². The first-order valence-electron chi connectivity index (χ1n) is 4.61. The largest absolute Gasteiger partial charge is 0.392 e. The van der Waals surface area contributed by atoms with Crippen LogP contribution >= 0.6 is 0 Å². The summed E-state index contributed by atoms with van der Waals surface area (Å²) in [5, 5.41) is 12.7. The van der Waals surface area contributed by atoms with Gasteiger partial charge in [0.25, 0.3) is 0 Å². The SMILES string of the molecule is CCCC(C)C(O)CNCC. The molecule has 0 aromatic rings. The van der Waals surface area contributed by atoms with E-state index in [-0.39, 0.29) is 6.10 Å². The van der Waals surface area contributed by atoms with Gasteiger partial charge < -0.3 is 10.4 Å². The second-order valence-corrected chi connectivity index (χ2v) is 3.14. The molecule has 0 fully saturated rings. The van der Waals surface area contributed by atoms with Crippen LogP contribution in [-0.2, 0) is 0 Å². The maximum absolute atomic E-state index is 9.52. The molecule has 2 N–H and O–H groups in total. The number of hydrogen-bond donors (Lipinski definition) is 2. The van der Waals surface area contributed by atoms with Gasteiger partial charge in [-0.15, -0.1) is 0 Å². The minimum Gasteiger partial charge on any atom is -0.392 e. The van der Waals surface area contributed by atoms with E-state index in [0.717, 1.165) is 25.9 Å². The van der Waals surface area contributed by atoms with E-state index in [1.165, 1.54) is 0 Å². The molecule has 0 aromatic heterocycles. The Hall–Kier alpha value is -0.0800. The summed E-state index contributed by atoms with van der Waals surface area (Å²) in [6.07, 6.45) is 2.10. The summed E-state index contributed by atoms with van der Waals surface area (Å²) in [6.45, 7) is 7.98. The van der Waals surface area contributed by atoms with Crippen molar-refractivity contribution >= 4 is 0 Å². The van der Waals surface area contributed by atoms with Crippen molar-refractivity contribution in [1.82, 2.24) is 5.32 Å². The number of aliphatic hydroxyl groups is 1. The fraction of sp³-hybridized carbons (Fsp3) is 1.00. The van der Waals surface area contributed by atoms with Crippen LogP contribution < -0.4 is 5.32 Å². The molecule has 0 aliphatic rings. The van der Waals surface area contributed by atoms with Crippen LogP contribution in [0.2, 0.25) is 0 Å². The van der Waals surface area contributed by atoms with E-state index in [1.54, 1.807) is 0 Å². The first kappa shape index (κ1) is 10.9. The van der Waals surface area contributed by atoms with E-state index in [0.29, 0.717) is 5.92 Å². The molecule has 0 heterocycles. The Labute approximate surface area is 70.0 Å². The molecule has 11 heavy (non-hydrogen) atoms. The molecule has 0 bridgehead atoms. The Bertz CT molecular complexity index is 85.6. The molecule has 0 aliphatic heterocycles. The van der Waals surface area contributed by atoms with Crippen LogP contribution in [0.3, 0.4) is 0 Å². The maximum atomic E-state index is 9.52. The second-order valence-electron chi connectivity index (χ2n) is 3.14. The van der Waals surface area contributed by atoms with Gasteiger partial charge in [0, 0.05) is 6.54 Å². The van der Waals surface area contributed by atoms with E-state index in [4.69, 9.17) is 0 Å². The highest BCUT2D eigenvalue weighted by molar-refractivity contribution is 4.65. The Morgan fingerprint density at radius 1 is 1.36 bits per heavy atom. The van der Waals surface area contributed by atoms with E-state index < -0.39 is 0 Å². The van der Waals surface area contributed by atoms with Crippen LogP contribution in [0.4, 0.5) is 0 Å². The summed E-state index contributed by atoms with van der Waals surface area (Å²) < 4.78 is 0. The number of aliphatic hydroxyl groups excluding tert-OH is 1. The highest BCUT2D eigenvalue weighted by Gasteiger charge is 2.11. The van der Waals surface area contributed by atoms with E-state index in [2.05, 4.69) is 26.1 Å². The molecular weight excluding hydrogens is 138 g/mol. The van der Waals surface area contributed by atoms with Gasteiger partial charge in [0.05, 0.1) is 6.10 Å². The monoisotopic (exact) mass is 159 g/mol. The summed E-state index contributed by atoms with van der Waals surface area (Å²) in [7, 11) is 0. The molecule has 0 spiro atoms. The van der Waals surface area contributed by atoms with E-state index in [1.807, 2.05) is 0 Å². The van der Waals surface area contributed by atoms with Crippen molar-refractivity contribution < 1.29 is 5.11 Å². The zero-order chi connectivity index (χ0) is 8.69. The lowest BCUT2D eigenvalue weighted by Crippen LogP contribution is -2.31. The lowest BCUT2D eigenvalue weighted by Gasteiger charge is -2.17. The van der Waals surface area contributed by atoms with Crippen molar-refractivity contribution in [3.8, 4) is 0 Å². The molecule has 2 unspecified atom stereocenters. The predicted octanol–water partition coefficient (Wildman–Crippen LogP) is 1.39. The van der Waals surface area contributed by atoms with Gasteiger partial charge in [-0.3, -0.25) is 0 Å². The molecule has 0 amide bonds. The van der Waals surface area contributed by atoms with Crippen molar-refractivity contribution in [2.45, 2.75) is 39.7 Å². The molecular formula is C9H21NO. The number of likely N-dealkylation sites (N-methyl/N-ethyl adjacent to an activating group) is 1. The average Bonchev–Trinajstić information content (AvgIpc) is 2.00. The van der Waals surface area contributed by atoms with Crippen molar-refractivity contribution in [3.63, 3.8) is 0 Å². The molecule has 0 saturated heterocycles. The molecule has 0 rings (SSSR count). The lowest BCUT2D eigenvalue weighted by molar-refractivity contribution is 0.110. The zero-order valence-electron chi connectivity index (χ0n) is 7.93. The van der Waals surface area contributed by atoms with Gasteiger partial charge >= 0.3 is 0 Å². The van der Waals surface area contributed by atoms with Gasteiger partial charge in [-0.1, -0.05) is 27.2 Å². The zero-order valence-corrected chi connectivity index (χ0v) is 7.93. The third-order valence-electron chi connectivity index (χ3n) is 2.00. The fourth-order valence-corrected chi connectivity index (χ4v) is 1.14. The molecule has 0 saturated carbocycles. The molecule has 2 nitrogen and oxygen atoms in total. The number of nitrogens with one attached hydrogen (secondary N) is 1. The van der Waals surface area contributed by atoms with Gasteiger partial charge in [0.1, 0.15) is 0 Å². The summed E-state index contributed by atoms with van der Waals surface area (Å²) in [5.41, 5.74) is 0. The van der Waals surface area contributed by atoms with Crippen molar-refractivity contribution in [2.24, 2.45) is 5.92 Å². The minimum absolute atomic E-state index is 0.171. The van der Waals surface area contributed by atoms with Gasteiger partial charge in [-0.05, 0) is 18.9 Å².